The summed E-state index contributed by atoms with van der Waals surface area (Å²) in [4.78, 5) is 0. The summed E-state index contributed by atoms with van der Waals surface area (Å²) in [6, 6.07) is 8.53. The van der Waals surface area contributed by atoms with E-state index in [1.165, 1.54) is 11.1 Å². The first-order chi connectivity index (χ1) is 7.13. The lowest BCUT2D eigenvalue weighted by Crippen LogP contribution is -2.14. The number of hydrogen-bond acceptors (Lipinski definition) is 2. The molecule has 0 aliphatic heterocycles. The van der Waals surface area contributed by atoms with Gasteiger partial charge in [0.2, 0.25) is 0 Å². The molecule has 0 aliphatic rings. The highest BCUT2D eigenvalue weighted by atomic mass is 16.5. The van der Waals surface area contributed by atoms with Crippen LogP contribution in [0.5, 0.6) is 0 Å². The summed E-state index contributed by atoms with van der Waals surface area (Å²) in [5, 5.41) is 0. The lowest BCUT2D eigenvalue weighted by atomic mass is 10.00. The highest BCUT2D eigenvalue weighted by Crippen LogP contribution is 2.18. The normalized spacial score (nSPS) is 14.9. The van der Waals surface area contributed by atoms with Crippen LogP contribution in [-0.2, 0) is 4.74 Å². The van der Waals surface area contributed by atoms with Gasteiger partial charge in [0, 0.05) is 13.2 Å². The van der Waals surface area contributed by atoms with E-state index in [1.54, 1.807) is 7.11 Å². The van der Waals surface area contributed by atoms with Gasteiger partial charge in [0.1, 0.15) is 0 Å². The van der Waals surface area contributed by atoms with Crippen LogP contribution in [0, 0.1) is 6.92 Å². The van der Waals surface area contributed by atoms with Gasteiger partial charge >= 0.3 is 0 Å². The van der Waals surface area contributed by atoms with Gasteiger partial charge in [0.25, 0.3) is 0 Å². The van der Waals surface area contributed by atoms with E-state index in [9.17, 15) is 0 Å². The predicted octanol–water partition coefficient (Wildman–Crippen LogP) is 2.81. The summed E-state index contributed by atoms with van der Waals surface area (Å²) in [6.07, 6.45) is 2.27. The summed E-state index contributed by atoms with van der Waals surface area (Å²) < 4.78 is 5.20. The lowest BCUT2D eigenvalue weighted by molar-refractivity contribution is 0.107. The number of benzene rings is 1. The van der Waals surface area contributed by atoms with Crippen molar-refractivity contribution in [2.45, 2.75) is 38.8 Å². The molecule has 2 N–H and O–H groups in total. The SMILES string of the molecule is COC(C)CCC(N)c1cccc(C)c1. The topological polar surface area (TPSA) is 35.2 Å². The monoisotopic (exact) mass is 207 g/mol. The van der Waals surface area contributed by atoms with Gasteiger partial charge in [-0.15, -0.1) is 0 Å². The second-order valence-electron chi connectivity index (χ2n) is 4.14. The van der Waals surface area contributed by atoms with Crippen LogP contribution >= 0.6 is 0 Å². The van der Waals surface area contributed by atoms with E-state index in [0.29, 0.717) is 6.10 Å². The van der Waals surface area contributed by atoms with Gasteiger partial charge in [-0.25, -0.2) is 0 Å². The second kappa shape index (κ2) is 5.89. The fourth-order valence-corrected chi connectivity index (χ4v) is 1.60. The highest BCUT2D eigenvalue weighted by Gasteiger charge is 2.08. The molecule has 1 aromatic carbocycles. The van der Waals surface area contributed by atoms with E-state index in [2.05, 4.69) is 38.1 Å². The minimum absolute atomic E-state index is 0.127. The molecule has 2 unspecified atom stereocenters. The van der Waals surface area contributed by atoms with Crippen molar-refractivity contribution >= 4 is 0 Å². The Bertz CT molecular complexity index is 298. The molecule has 2 atom stereocenters. The van der Waals surface area contributed by atoms with Crippen molar-refractivity contribution < 1.29 is 4.74 Å². The Morgan fingerprint density at radius 2 is 2.07 bits per heavy atom. The van der Waals surface area contributed by atoms with E-state index in [4.69, 9.17) is 10.5 Å². The van der Waals surface area contributed by atoms with E-state index < -0.39 is 0 Å². The van der Waals surface area contributed by atoms with Gasteiger partial charge in [-0.3, -0.25) is 0 Å². The van der Waals surface area contributed by atoms with Crippen molar-refractivity contribution in [2.24, 2.45) is 5.73 Å². The fourth-order valence-electron chi connectivity index (χ4n) is 1.60. The molecule has 0 aliphatic carbocycles. The standard InChI is InChI=1S/C13H21NO/c1-10-5-4-6-12(9-10)13(14)8-7-11(2)15-3/h4-6,9,11,13H,7-8,14H2,1-3H3. The molecule has 15 heavy (non-hydrogen) atoms. The van der Waals surface area contributed by atoms with Gasteiger partial charge in [-0.1, -0.05) is 29.8 Å². The van der Waals surface area contributed by atoms with Crippen LogP contribution in [0.3, 0.4) is 0 Å². The number of rotatable bonds is 5. The molecule has 2 heteroatoms. The van der Waals surface area contributed by atoms with Gasteiger partial charge in [0.05, 0.1) is 6.10 Å². The maximum absolute atomic E-state index is 6.11. The second-order valence-corrected chi connectivity index (χ2v) is 4.14. The molecule has 84 valence electrons. The van der Waals surface area contributed by atoms with Crippen molar-refractivity contribution in [2.75, 3.05) is 7.11 Å². The molecule has 0 bridgehead atoms. The van der Waals surface area contributed by atoms with Gasteiger partial charge < -0.3 is 10.5 Å². The highest BCUT2D eigenvalue weighted by molar-refractivity contribution is 5.24. The Kier molecular flexibility index (Phi) is 4.79. The quantitative estimate of drug-likeness (QED) is 0.805. The maximum Gasteiger partial charge on any atom is 0.0543 e. The first-order valence-corrected chi connectivity index (χ1v) is 5.48. The van der Waals surface area contributed by atoms with E-state index >= 15 is 0 Å². The van der Waals surface area contributed by atoms with Crippen LogP contribution < -0.4 is 5.73 Å². The molecule has 0 amide bonds. The molecule has 0 radical (unpaired) electrons. The average molecular weight is 207 g/mol. The van der Waals surface area contributed by atoms with Crippen LogP contribution in [0.1, 0.15) is 36.9 Å². The molecule has 0 fully saturated rings. The molecular formula is C13H21NO. The van der Waals surface area contributed by atoms with Crippen LogP contribution in [0.4, 0.5) is 0 Å². The molecular weight excluding hydrogens is 186 g/mol. The number of aryl methyl sites for hydroxylation is 1. The summed E-state index contributed by atoms with van der Waals surface area (Å²) in [5.41, 5.74) is 8.60. The number of nitrogens with two attached hydrogens (primary N) is 1. The van der Waals surface area contributed by atoms with Crippen molar-refractivity contribution in [1.29, 1.82) is 0 Å². The van der Waals surface area contributed by atoms with Crippen LogP contribution in [0.25, 0.3) is 0 Å². The van der Waals surface area contributed by atoms with Crippen LogP contribution in [0.2, 0.25) is 0 Å². The van der Waals surface area contributed by atoms with Gasteiger partial charge in [0.15, 0.2) is 0 Å². The number of ether oxygens (including phenoxy) is 1. The predicted molar refractivity (Wildman–Crippen MR) is 63.8 cm³/mol. The minimum Gasteiger partial charge on any atom is -0.382 e. The Morgan fingerprint density at radius 3 is 2.67 bits per heavy atom. The molecule has 0 spiro atoms. The van der Waals surface area contributed by atoms with E-state index in [0.717, 1.165) is 12.8 Å². The Hall–Kier alpha value is -0.860. The zero-order valence-corrected chi connectivity index (χ0v) is 9.86. The molecule has 1 aromatic rings. The zero-order chi connectivity index (χ0) is 11.3. The average Bonchev–Trinajstić information content (AvgIpc) is 2.25. The van der Waals surface area contributed by atoms with Crippen LogP contribution in [0.15, 0.2) is 24.3 Å². The van der Waals surface area contributed by atoms with Crippen molar-refractivity contribution in [1.82, 2.24) is 0 Å². The first-order valence-electron chi connectivity index (χ1n) is 5.48. The van der Waals surface area contributed by atoms with Gasteiger partial charge in [-0.2, -0.15) is 0 Å². The maximum atomic E-state index is 6.11. The first kappa shape index (κ1) is 12.2. The number of methoxy groups -OCH3 is 1. The van der Waals surface area contributed by atoms with Crippen molar-refractivity contribution in [3.8, 4) is 0 Å². The van der Waals surface area contributed by atoms with Crippen molar-refractivity contribution in [3.05, 3.63) is 35.4 Å². The lowest BCUT2D eigenvalue weighted by Gasteiger charge is -2.15. The van der Waals surface area contributed by atoms with E-state index in [1.807, 2.05) is 0 Å². The summed E-state index contributed by atoms with van der Waals surface area (Å²) >= 11 is 0. The molecule has 0 heterocycles. The Morgan fingerprint density at radius 1 is 1.33 bits per heavy atom. The third kappa shape index (κ3) is 4.02. The minimum atomic E-state index is 0.127. The molecule has 0 saturated carbocycles. The fraction of sp³-hybridized carbons (Fsp3) is 0.538. The van der Waals surface area contributed by atoms with E-state index in [-0.39, 0.29) is 6.04 Å². The molecule has 0 aromatic heterocycles. The summed E-state index contributed by atoms with van der Waals surface area (Å²) in [7, 11) is 1.74. The molecule has 2 nitrogen and oxygen atoms in total. The van der Waals surface area contributed by atoms with Crippen LogP contribution in [-0.4, -0.2) is 13.2 Å². The third-order valence-electron chi connectivity index (χ3n) is 2.76. The number of hydrogen-bond donors (Lipinski definition) is 1. The Labute approximate surface area is 92.4 Å². The summed E-state index contributed by atoms with van der Waals surface area (Å²) in [5.74, 6) is 0. The summed E-state index contributed by atoms with van der Waals surface area (Å²) in [6.45, 7) is 4.16. The smallest absolute Gasteiger partial charge is 0.0543 e. The molecule has 1 rings (SSSR count). The van der Waals surface area contributed by atoms with Gasteiger partial charge in [-0.05, 0) is 32.3 Å². The largest absolute Gasteiger partial charge is 0.382 e. The molecule has 0 saturated heterocycles. The third-order valence-corrected chi connectivity index (χ3v) is 2.76. The zero-order valence-electron chi connectivity index (χ0n) is 9.86. The van der Waals surface area contributed by atoms with Crippen molar-refractivity contribution in [3.63, 3.8) is 0 Å². The Balaban J connectivity index is 2.50.